The van der Waals surface area contributed by atoms with E-state index in [2.05, 4.69) is 0 Å². The van der Waals surface area contributed by atoms with Gasteiger partial charge in [0, 0.05) is 12.0 Å². The lowest BCUT2D eigenvalue weighted by atomic mass is 10.1. The minimum atomic E-state index is -3.60. The molecule has 18 heavy (non-hydrogen) atoms. The van der Waals surface area contributed by atoms with Gasteiger partial charge >= 0.3 is 5.97 Å². The quantitative estimate of drug-likeness (QED) is 0.792. The van der Waals surface area contributed by atoms with Crippen molar-refractivity contribution in [3.63, 3.8) is 0 Å². The molecule has 0 aliphatic carbocycles. The Morgan fingerprint density at radius 3 is 2.17 bits per heavy atom. The topological polar surface area (TPSA) is 88.5 Å². The van der Waals surface area contributed by atoms with E-state index in [0.717, 1.165) is 0 Å². The second kappa shape index (κ2) is 5.77. The first kappa shape index (κ1) is 14.4. The standard InChI is InChI=1S/C12H14O5S/c1-2-11(13)9-3-5-10(6-4-9)18(16,17)8-7-12(14)15/h3-6H,2,7-8H2,1H3,(H,14,15). The number of hydrogen-bond acceptors (Lipinski definition) is 4. The van der Waals surface area contributed by atoms with E-state index in [9.17, 15) is 18.0 Å². The summed E-state index contributed by atoms with van der Waals surface area (Å²) < 4.78 is 23.5. The molecule has 98 valence electrons. The Hall–Kier alpha value is -1.69. The summed E-state index contributed by atoms with van der Waals surface area (Å²) in [6.07, 6.45) is -0.0803. The van der Waals surface area contributed by atoms with E-state index < -0.39 is 28.0 Å². The van der Waals surface area contributed by atoms with Gasteiger partial charge in [0.15, 0.2) is 15.6 Å². The number of sulfone groups is 1. The van der Waals surface area contributed by atoms with Crippen molar-refractivity contribution < 1.29 is 23.1 Å². The van der Waals surface area contributed by atoms with E-state index in [0.29, 0.717) is 12.0 Å². The van der Waals surface area contributed by atoms with Crippen LogP contribution in [0.1, 0.15) is 30.1 Å². The minimum Gasteiger partial charge on any atom is -0.481 e. The summed E-state index contributed by atoms with van der Waals surface area (Å²) in [5.41, 5.74) is 0.453. The fourth-order valence-electron chi connectivity index (χ4n) is 1.39. The molecule has 0 radical (unpaired) electrons. The van der Waals surface area contributed by atoms with E-state index in [1.54, 1.807) is 6.92 Å². The lowest BCUT2D eigenvalue weighted by molar-refractivity contribution is -0.136. The first-order valence-corrected chi connectivity index (χ1v) is 7.10. The number of carbonyl (C=O) groups is 2. The highest BCUT2D eigenvalue weighted by atomic mass is 32.2. The molecule has 0 aliphatic rings. The number of rotatable bonds is 6. The first-order valence-electron chi connectivity index (χ1n) is 5.44. The predicted octanol–water partition coefficient (Wildman–Crippen LogP) is 1.53. The number of carboxylic acid groups (broad SMARTS) is 1. The fraction of sp³-hybridized carbons (Fsp3) is 0.333. The van der Waals surface area contributed by atoms with Crippen molar-refractivity contribution in [2.75, 3.05) is 5.75 Å². The van der Waals surface area contributed by atoms with E-state index in [1.165, 1.54) is 24.3 Å². The molecule has 0 bridgehead atoms. The van der Waals surface area contributed by atoms with Crippen molar-refractivity contribution in [3.8, 4) is 0 Å². The van der Waals surface area contributed by atoms with Crippen molar-refractivity contribution in [1.82, 2.24) is 0 Å². The Kier molecular flexibility index (Phi) is 4.61. The molecule has 1 aromatic rings. The number of carbonyl (C=O) groups excluding carboxylic acids is 1. The molecule has 0 aliphatic heterocycles. The SMILES string of the molecule is CCC(=O)c1ccc(S(=O)(=O)CCC(=O)O)cc1. The maximum Gasteiger partial charge on any atom is 0.304 e. The lowest BCUT2D eigenvalue weighted by Crippen LogP contribution is -2.11. The maximum absolute atomic E-state index is 11.7. The van der Waals surface area contributed by atoms with Gasteiger partial charge in [0.25, 0.3) is 0 Å². The number of hydrogen-bond donors (Lipinski definition) is 1. The number of carboxylic acids is 1. The fourth-order valence-corrected chi connectivity index (χ4v) is 2.62. The Bertz CT molecular complexity index is 542. The van der Waals surface area contributed by atoms with E-state index in [4.69, 9.17) is 5.11 Å². The van der Waals surface area contributed by atoms with Gasteiger partial charge in [-0.3, -0.25) is 9.59 Å². The van der Waals surface area contributed by atoms with Crippen molar-refractivity contribution in [2.45, 2.75) is 24.7 Å². The molecule has 0 amide bonds. The molecule has 1 rings (SSSR count). The van der Waals surface area contributed by atoms with Crippen LogP contribution in [0.25, 0.3) is 0 Å². The summed E-state index contributed by atoms with van der Waals surface area (Å²) in [7, 11) is -3.60. The van der Waals surface area contributed by atoms with Crippen molar-refractivity contribution in [2.24, 2.45) is 0 Å². The van der Waals surface area contributed by atoms with Gasteiger partial charge in [-0.05, 0) is 12.1 Å². The van der Waals surface area contributed by atoms with Crippen LogP contribution < -0.4 is 0 Å². The predicted molar refractivity (Wildman–Crippen MR) is 65.4 cm³/mol. The zero-order valence-corrected chi connectivity index (χ0v) is 10.7. The van der Waals surface area contributed by atoms with Crippen LogP contribution in [0.2, 0.25) is 0 Å². The summed E-state index contributed by atoms with van der Waals surface area (Å²) in [6.45, 7) is 1.72. The van der Waals surface area contributed by atoms with Gasteiger partial charge in [-0.15, -0.1) is 0 Å². The molecule has 0 saturated heterocycles. The summed E-state index contributed by atoms with van der Waals surface area (Å²) in [5.74, 6) is -1.66. The van der Waals surface area contributed by atoms with Crippen LogP contribution in [0, 0.1) is 0 Å². The molecule has 0 heterocycles. The Balaban J connectivity index is 2.91. The van der Waals surface area contributed by atoms with Crippen molar-refractivity contribution in [3.05, 3.63) is 29.8 Å². The average molecular weight is 270 g/mol. The largest absolute Gasteiger partial charge is 0.481 e. The van der Waals surface area contributed by atoms with Gasteiger partial charge in [0.2, 0.25) is 0 Å². The highest BCUT2D eigenvalue weighted by Gasteiger charge is 2.16. The van der Waals surface area contributed by atoms with Crippen LogP contribution in [0.5, 0.6) is 0 Å². The van der Waals surface area contributed by atoms with Gasteiger partial charge in [-0.1, -0.05) is 19.1 Å². The van der Waals surface area contributed by atoms with Crippen LogP contribution >= 0.6 is 0 Å². The van der Waals surface area contributed by atoms with Crippen molar-refractivity contribution in [1.29, 1.82) is 0 Å². The number of ketones is 1. The van der Waals surface area contributed by atoms with Gasteiger partial charge in [0.05, 0.1) is 17.1 Å². The molecule has 1 N–H and O–H groups in total. The second-order valence-corrected chi connectivity index (χ2v) is 5.87. The minimum absolute atomic E-state index is 0.0383. The molecule has 6 heteroatoms. The van der Waals surface area contributed by atoms with Crippen LogP contribution in [-0.4, -0.2) is 31.0 Å². The summed E-state index contributed by atoms with van der Waals surface area (Å²) in [5, 5.41) is 8.46. The van der Waals surface area contributed by atoms with Crippen LogP contribution in [0.3, 0.4) is 0 Å². The molecular weight excluding hydrogens is 256 g/mol. The third kappa shape index (κ3) is 3.66. The zero-order valence-electron chi connectivity index (χ0n) is 9.92. The number of aliphatic carboxylic acids is 1. The molecule has 0 atom stereocenters. The van der Waals surface area contributed by atoms with E-state index in [1.807, 2.05) is 0 Å². The number of Topliss-reactive ketones (excluding diaryl/α,β-unsaturated/α-hetero) is 1. The monoisotopic (exact) mass is 270 g/mol. The molecule has 0 fully saturated rings. The molecule has 5 nitrogen and oxygen atoms in total. The highest BCUT2D eigenvalue weighted by Crippen LogP contribution is 2.14. The van der Waals surface area contributed by atoms with Crippen LogP contribution in [0.4, 0.5) is 0 Å². The average Bonchev–Trinajstić information content (AvgIpc) is 2.36. The summed E-state index contributed by atoms with van der Waals surface area (Å²) >= 11 is 0. The highest BCUT2D eigenvalue weighted by molar-refractivity contribution is 7.91. The lowest BCUT2D eigenvalue weighted by Gasteiger charge is -2.04. The third-order valence-corrected chi connectivity index (χ3v) is 4.17. The summed E-state index contributed by atoms with van der Waals surface area (Å²) in [6, 6.07) is 5.55. The molecule has 0 unspecified atom stereocenters. The molecule has 0 saturated carbocycles. The first-order chi connectivity index (χ1) is 8.36. The third-order valence-electron chi connectivity index (χ3n) is 2.44. The molecule has 0 aromatic heterocycles. The van der Waals surface area contributed by atoms with Crippen LogP contribution in [-0.2, 0) is 14.6 Å². The van der Waals surface area contributed by atoms with Gasteiger partial charge in [-0.25, -0.2) is 8.42 Å². The Morgan fingerprint density at radius 1 is 1.17 bits per heavy atom. The van der Waals surface area contributed by atoms with Crippen molar-refractivity contribution >= 4 is 21.6 Å². The van der Waals surface area contributed by atoms with Crippen LogP contribution in [0.15, 0.2) is 29.2 Å². The Labute approximate surface area is 105 Å². The zero-order chi connectivity index (χ0) is 13.8. The van der Waals surface area contributed by atoms with E-state index >= 15 is 0 Å². The molecular formula is C12H14O5S. The smallest absolute Gasteiger partial charge is 0.304 e. The normalized spacial score (nSPS) is 11.2. The Morgan fingerprint density at radius 2 is 1.72 bits per heavy atom. The van der Waals surface area contributed by atoms with Gasteiger partial charge in [0.1, 0.15) is 0 Å². The maximum atomic E-state index is 11.7. The molecule has 0 spiro atoms. The molecule has 1 aromatic carbocycles. The van der Waals surface area contributed by atoms with Gasteiger partial charge in [-0.2, -0.15) is 0 Å². The summed E-state index contributed by atoms with van der Waals surface area (Å²) in [4.78, 5) is 21.8. The van der Waals surface area contributed by atoms with E-state index in [-0.39, 0.29) is 10.7 Å². The number of benzene rings is 1. The van der Waals surface area contributed by atoms with Gasteiger partial charge < -0.3 is 5.11 Å². The second-order valence-electron chi connectivity index (χ2n) is 3.76.